The van der Waals surface area contributed by atoms with Gasteiger partial charge in [-0.25, -0.2) is 4.79 Å². The third-order valence-corrected chi connectivity index (χ3v) is 8.30. The van der Waals surface area contributed by atoms with E-state index in [4.69, 9.17) is 22.1 Å². The SMILES string of the molecule is CCc1ccc(NC(=O)OCC2(C(N)=O)CCN(C(=O)C3CCN(Cc4ccccc4Cl)CC3)CC2)cc1. The van der Waals surface area contributed by atoms with E-state index in [-0.39, 0.29) is 18.4 Å². The van der Waals surface area contributed by atoms with Crippen LogP contribution in [0.25, 0.3) is 0 Å². The van der Waals surface area contributed by atoms with Gasteiger partial charge in [-0.05, 0) is 74.5 Å². The minimum Gasteiger partial charge on any atom is -0.448 e. The van der Waals surface area contributed by atoms with Crippen LogP contribution in [0.2, 0.25) is 5.02 Å². The summed E-state index contributed by atoms with van der Waals surface area (Å²) in [7, 11) is 0. The standard InChI is InChI=1S/C29H37ClN4O4/c1-2-21-7-9-24(10-8-21)32-28(37)38-20-29(27(31)36)13-17-34(18-14-29)26(35)22-11-15-33(16-12-22)19-23-5-3-4-6-25(23)30/h3-10,22H,2,11-20H2,1H3,(H2,31,36)(H,32,37). The number of primary amides is 1. The lowest BCUT2D eigenvalue weighted by molar-refractivity contribution is -0.144. The Labute approximate surface area is 229 Å². The fraction of sp³-hybridized carbons (Fsp3) is 0.483. The van der Waals surface area contributed by atoms with Crippen molar-refractivity contribution < 1.29 is 19.1 Å². The second kappa shape index (κ2) is 12.6. The molecule has 0 unspecified atom stereocenters. The number of nitrogens with two attached hydrogens (primary N) is 1. The van der Waals surface area contributed by atoms with Gasteiger partial charge in [0, 0.05) is 36.3 Å². The van der Waals surface area contributed by atoms with Crippen molar-refractivity contribution in [2.24, 2.45) is 17.1 Å². The third kappa shape index (κ3) is 6.85. The molecule has 0 aliphatic carbocycles. The fourth-order valence-electron chi connectivity index (χ4n) is 5.26. The zero-order valence-corrected chi connectivity index (χ0v) is 22.7. The number of benzene rings is 2. The molecule has 0 saturated carbocycles. The number of ether oxygens (including phenoxy) is 1. The number of nitrogens with zero attached hydrogens (tertiary/aromatic N) is 2. The molecule has 0 spiro atoms. The predicted molar refractivity (Wildman–Crippen MR) is 148 cm³/mol. The normalized spacial score (nSPS) is 18.1. The maximum atomic E-state index is 13.2. The Morgan fingerprint density at radius 1 is 1.03 bits per heavy atom. The molecule has 3 amide bonds. The van der Waals surface area contributed by atoms with Crippen molar-refractivity contribution in [2.45, 2.75) is 45.6 Å². The topological polar surface area (TPSA) is 105 Å². The summed E-state index contributed by atoms with van der Waals surface area (Å²) in [4.78, 5) is 42.2. The summed E-state index contributed by atoms with van der Waals surface area (Å²) in [6, 6.07) is 15.4. The number of rotatable bonds is 8. The minimum atomic E-state index is -0.974. The zero-order chi connectivity index (χ0) is 27.1. The van der Waals surface area contributed by atoms with Crippen LogP contribution in [0, 0.1) is 11.3 Å². The lowest BCUT2D eigenvalue weighted by Gasteiger charge is -2.41. The first kappa shape index (κ1) is 27.9. The number of aryl methyl sites for hydroxylation is 1. The highest BCUT2D eigenvalue weighted by atomic mass is 35.5. The lowest BCUT2D eigenvalue weighted by atomic mass is 9.78. The van der Waals surface area contributed by atoms with Crippen molar-refractivity contribution in [2.75, 3.05) is 38.1 Å². The van der Waals surface area contributed by atoms with Crippen molar-refractivity contribution >= 4 is 35.2 Å². The molecule has 9 heteroatoms. The highest BCUT2D eigenvalue weighted by Gasteiger charge is 2.43. The molecule has 2 aromatic carbocycles. The van der Waals surface area contributed by atoms with Crippen LogP contribution in [0.1, 0.15) is 43.7 Å². The quantitative estimate of drug-likeness (QED) is 0.514. The summed E-state index contributed by atoms with van der Waals surface area (Å²) in [6.07, 6.45) is 2.62. The van der Waals surface area contributed by atoms with Gasteiger partial charge in [0.2, 0.25) is 11.8 Å². The molecule has 0 bridgehead atoms. The minimum absolute atomic E-state index is 0.0281. The number of halogens is 1. The van der Waals surface area contributed by atoms with Crippen LogP contribution in [0.5, 0.6) is 0 Å². The average molecular weight is 541 g/mol. The largest absolute Gasteiger partial charge is 0.448 e. The first-order chi connectivity index (χ1) is 18.3. The molecule has 2 aromatic rings. The van der Waals surface area contributed by atoms with Crippen molar-refractivity contribution in [1.82, 2.24) is 9.80 Å². The number of hydrogen-bond acceptors (Lipinski definition) is 5. The van der Waals surface area contributed by atoms with Gasteiger partial charge in [-0.3, -0.25) is 19.8 Å². The number of piperidine rings is 2. The molecule has 2 heterocycles. The molecule has 2 saturated heterocycles. The van der Waals surface area contributed by atoms with Gasteiger partial charge >= 0.3 is 6.09 Å². The van der Waals surface area contributed by atoms with Crippen LogP contribution in [0.15, 0.2) is 48.5 Å². The summed E-state index contributed by atoms with van der Waals surface area (Å²) >= 11 is 6.30. The number of amides is 3. The van der Waals surface area contributed by atoms with Gasteiger partial charge < -0.3 is 15.4 Å². The molecule has 204 valence electrons. The van der Waals surface area contributed by atoms with E-state index < -0.39 is 17.4 Å². The molecule has 8 nitrogen and oxygen atoms in total. The van der Waals surface area contributed by atoms with E-state index in [9.17, 15) is 14.4 Å². The van der Waals surface area contributed by atoms with Crippen LogP contribution in [0.3, 0.4) is 0 Å². The third-order valence-electron chi connectivity index (χ3n) is 7.93. The van der Waals surface area contributed by atoms with Crippen molar-refractivity contribution in [3.63, 3.8) is 0 Å². The molecule has 38 heavy (non-hydrogen) atoms. The number of likely N-dealkylation sites (tertiary alicyclic amines) is 2. The number of anilines is 1. The number of carbonyl (C=O) groups excluding carboxylic acids is 3. The molecule has 0 radical (unpaired) electrons. The molecular weight excluding hydrogens is 504 g/mol. The maximum absolute atomic E-state index is 13.2. The maximum Gasteiger partial charge on any atom is 0.411 e. The van der Waals surface area contributed by atoms with Gasteiger partial charge in [-0.1, -0.05) is 48.9 Å². The van der Waals surface area contributed by atoms with E-state index in [1.54, 1.807) is 0 Å². The van der Waals surface area contributed by atoms with E-state index in [0.29, 0.717) is 31.6 Å². The van der Waals surface area contributed by atoms with Gasteiger partial charge in [0.1, 0.15) is 6.61 Å². The fourth-order valence-corrected chi connectivity index (χ4v) is 5.46. The van der Waals surface area contributed by atoms with Gasteiger partial charge in [0.25, 0.3) is 0 Å². The Kier molecular flexibility index (Phi) is 9.28. The van der Waals surface area contributed by atoms with Crippen LogP contribution < -0.4 is 11.1 Å². The highest BCUT2D eigenvalue weighted by molar-refractivity contribution is 6.31. The molecule has 3 N–H and O–H groups in total. The van der Waals surface area contributed by atoms with E-state index in [1.165, 1.54) is 5.56 Å². The highest BCUT2D eigenvalue weighted by Crippen LogP contribution is 2.33. The summed E-state index contributed by atoms with van der Waals surface area (Å²) in [6.45, 7) is 5.25. The summed E-state index contributed by atoms with van der Waals surface area (Å²) in [5.74, 6) is -0.396. The second-order valence-electron chi connectivity index (χ2n) is 10.4. The van der Waals surface area contributed by atoms with Crippen LogP contribution >= 0.6 is 11.6 Å². The van der Waals surface area contributed by atoms with Crippen molar-refractivity contribution in [1.29, 1.82) is 0 Å². The molecule has 2 aliphatic heterocycles. The summed E-state index contributed by atoms with van der Waals surface area (Å²) in [5.41, 5.74) is 7.67. The Balaban J connectivity index is 1.24. The van der Waals surface area contributed by atoms with Crippen molar-refractivity contribution in [3.8, 4) is 0 Å². The number of hydrogen-bond donors (Lipinski definition) is 2. The molecular formula is C29H37ClN4O4. The second-order valence-corrected chi connectivity index (χ2v) is 10.8. The number of nitrogens with one attached hydrogen (secondary N) is 1. The van der Waals surface area contributed by atoms with E-state index in [1.807, 2.05) is 53.4 Å². The first-order valence-electron chi connectivity index (χ1n) is 13.4. The first-order valence-corrected chi connectivity index (χ1v) is 13.7. The Morgan fingerprint density at radius 3 is 2.29 bits per heavy atom. The average Bonchev–Trinajstić information content (AvgIpc) is 2.94. The predicted octanol–water partition coefficient (Wildman–Crippen LogP) is 4.46. The van der Waals surface area contributed by atoms with E-state index >= 15 is 0 Å². The summed E-state index contributed by atoms with van der Waals surface area (Å²) < 4.78 is 5.42. The molecule has 2 aliphatic rings. The molecule has 4 rings (SSSR count). The lowest BCUT2D eigenvalue weighted by Crippen LogP contribution is -2.53. The van der Waals surface area contributed by atoms with Gasteiger partial charge in [0.05, 0.1) is 5.41 Å². The van der Waals surface area contributed by atoms with Gasteiger partial charge in [0.15, 0.2) is 0 Å². The molecule has 2 fully saturated rings. The monoisotopic (exact) mass is 540 g/mol. The van der Waals surface area contributed by atoms with Crippen LogP contribution in [-0.2, 0) is 27.3 Å². The Morgan fingerprint density at radius 2 is 1.68 bits per heavy atom. The van der Waals surface area contributed by atoms with Crippen LogP contribution in [0.4, 0.5) is 10.5 Å². The summed E-state index contributed by atoms with van der Waals surface area (Å²) in [5, 5.41) is 3.46. The van der Waals surface area contributed by atoms with Gasteiger partial charge in [-0.2, -0.15) is 0 Å². The van der Waals surface area contributed by atoms with Gasteiger partial charge in [-0.15, -0.1) is 0 Å². The van der Waals surface area contributed by atoms with Crippen molar-refractivity contribution in [3.05, 3.63) is 64.7 Å². The Bertz CT molecular complexity index is 1120. The van der Waals surface area contributed by atoms with E-state index in [2.05, 4.69) is 17.1 Å². The number of carbonyl (C=O) groups is 3. The zero-order valence-electron chi connectivity index (χ0n) is 22.0. The molecule has 0 aromatic heterocycles. The van der Waals surface area contributed by atoms with E-state index in [0.717, 1.165) is 49.5 Å². The Hall–Kier alpha value is -3.10. The van der Waals surface area contributed by atoms with Crippen LogP contribution in [-0.4, -0.2) is 60.5 Å². The smallest absolute Gasteiger partial charge is 0.411 e. The molecule has 0 atom stereocenters.